The smallest absolute Gasteiger partial charge is 0.0718 e. The van der Waals surface area contributed by atoms with Crippen LogP contribution >= 0.6 is 0 Å². The third kappa shape index (κ3) is 6.56. The Hall–Kier alpha value is -0.590. The largest absolute Gasteiger partial charge is 0.389 e. The molecule has 0 aliphatic rings. The quantitative estimate of drug-likeness (QED) is 0.702. The van der Waals surface area contributed by atoms with Crippen molar-refractivity contribution < 1.29 is 5.11 Å². The van der Waals surface area contributed by atoms with E-state index in [1.165, 1.54) is 0 Å². The van der Waals surface area contributed by atoms with Crippen molar-refractivity contribution >= 4 is 0 Å². The first-order valence-electron chi connectivity index (χ1n) is 4.70. The summed E-state index contributed by atoms with van der Waals surface area (Å²) in [5, 5.41) is 18.1. The van der Waals surface area contributed by atoms with E-state index in [1.54, 1.807) is 13.8 Å². The second-order valence-corrected chi connectivity index (χ2v) is 4.28. The van der Waals surface area contributed by atoms with Crippen molar-refractivity contribution in [2.45, 2.75) is 45.8 Å². The van der Waals surface area contributed by atoms with Crippen LogP contribution in [0.25, 0.3) is 0 Å². The molecular formula is C10H20N2O. The van der Waals surface area contributed by atoms with Crippen LogP contribution in [0.1, 0.15) is 34.1 Å². The predicted octanol–water partition coefficient (Wildman–Crippen LogP) is 1.38. The van der Waals surface area contributed by atoms with E-state index in [0.29, 0.717) is 19.0 Å². The van der Waals surface area contributed by atoms with E-state index in [9.17, 15) is 5.11 Å². The van der Waals surface area contributed by atoms with E-state index in [-0.39, 0.29) is 0 Å². The average Bonchev–Trinajstić information content (AvgIpc) is 1.95. The fraction of sp³-hybridized carbons (Fsp3) is 0.900. The molecule has 0 saturated heterocycles. The molecule has 76 valence electrons. The number of hydrogen-bond donors (Lipinski definition) is 1. The normalized spacial score (nSPS) is 12.2. The lowest BCUT2D eigenvalue weighted by atomic mass is 10.1. The molecule has 0 rings (SSSR count). The Morgan fingerprint density at radius 3 is 2.31 bits per heavy atom. The number of hydrogen-bond acceptors (Lipinski definition) is 3. The highest BCUT2D eigenvalue weighted by Gasteiger charge is 2.19. The fourth-order valence-electron chi connectivity index (χ4n) is 1.21. The summed E-state index contributed by atoms with van der Waals surface area (Å²) >= 11 is 0. The van der Waals surface area contributed by atoms with Crippen molar-refractivity contribution in [1.29, 1.82) is 5.26 Å². The molecule has 3 heteroatoms. The molecule has 3 nitrogen and oxygen atoms in total. The second-order valence-electron chi connectivity index (χ2n) is 4.28. The molecular weight excluding hydrogens is 164 g/mol. The Morgan fingerprint density at radius 2 is 2.00 bits per heavy atom. The van der Waals surface area contributed by atoms with Crippen LogP contribution in [0.4, 0.5) is 0 Å². The maximum atomic E-state index is 9.61. The molecule has 0 atom stereocenters. The second kappa shape index (κ2) is 5.21. The van der Waals surface area contributed by atoms with Gasteiger partial charge in [0, 0.05) is 25.6 Å². The van der Waals surface area contributed by atoms with Crippen molar-refractivity contribution in [3.05, 3.63) is 0 Å². The first kappa shape index (κ1) is 12.4. The summed E-state index contributed by atoms with van der Waals surface area (Å²) in [4.78, 5) is 2.11. The van der Waals surface area contributed by atoms with Gasteiger partial charge in [-0.05, 0) is 27.7 Å². The van der Waals surface area contributed by atoms with E-state index in [1.807, 2.05) is 0 Å². The van der Waals surface area contributed by atoms with Gasteiger partial charge in [0.25, 0.3) is 0 Å². The summed E-state index contributed by atoms with van der Waals surface area (Å²) in [6.45, 7) is 9.07. The summed E-state index contributed by atoms with van der Waals surface area (Å²) in [6, 6.07) is 2.49. The van der Waals surface area contributed by atoms with Crippen LogP contribution in [0.2, 0.25) is 0 Å². The van der Waals surface area contributed by atoms with Gasteiger partial charge in [-0.25, -0.2) is 0 Å². The van der Waals surface area contributed by atoms with E-state index in [2.05, 4.69) is 24.8 Å². The molecule has 0 unspecified atom stereocenters. The van der Waals surface area contributed by atoms with Crippen molar-refractivity contribution in [3.8, 4) is 6.07 Å². The highest BCUT2D eigenvalue weighted by atomic mass is 16.3. The molecule has 1 N–H and O–H groups in total. The van der Waals surface area contributed by atoms with Crippen molar-refractivity contribution in [2.24, 2.45) is 0 Å². The van der Waals surface area contributed by atoms with Gasteiger partial charge in [0.1, 0.15) is 0 Å². The van der Waals surface area contributed by atoms with Crippen molar-refractivity contribution in [3.63, 3.8) is 0 Å². The van der Waals surface area contributed by atoms with Gasteiger partial charge in [-0.15, -0.1) is 0 Å². The van der Waals surface area contributed by atoms with Gasteiger partial charge in [-0.2, -0.15) is 5.26 Å². The first-order chi connectivity index (χ1) is 5.87. The molecule has 0 saturated carbocycles. The average molecular weight is 184 g/mol. The molecule has 0 aromatic rings. The Labute approximate surface area is 81.0 Å². The van der Waals surface area contributed by atoms with E-state index in [4.69, 9.17) is 5.26 Å². The van der Waals surface area contributed by atoms with Crippen molar-refractivity contribution in [1.82, 2.24) is 4.90 Å². The van der Waals surface area contributed by atoms with E-state index in [0.717, 1.165) is 6.54 Å². The summed E-state index contributed by atoms with van der Waals surface area (Å²) in [6.07, 6.45) is 0.522. The van der Waals surface area contributed by atoms with Crippen molar-refractivity contribution in [2.75, 3.05) is 13.1 Å². The molecule has 0 bridgehead atoms. The molecule has 0 heterocycles. The van der Waals surface area contributed by atoms with Gasteiger partial charge in [-0.1, -0.05) is 0 Å². The molecule has 13 heavy (non-hydrogen) atoms. The minimum atomic E-state index is -0.681. The number of nitriles is 1. The van der Waals surface area contributed by atoms with Crippen LogP contribution in [0.5, 0.6) is 0 Å². The summed E-state index contributed by atoms with van der Waals surface area (Å²) in [5.74, 6) is 0. The molecule has 0 fully saturated rings. The first-order valence-corrected chi connectivity index (χ1v) is 4.70. The highest BCUT2D eigenvalue weighted by Crippen LogP contribution is 2.08. The van der Waals surface area contributed by atoms with Gasteiger partial charge in [0.2, 0.25) is 0 Å². The highest BCUT2D eigenvalue weighted by molar-refractivity contribution is 4.78. The maximum absolute atomic E-state index is 9.61. The topological polar surface area (TPSA) is 47.3 Å². The standard InChI is InChI=1S/C10H20N2O/c1-9(2)12(7-5-6-11)8-10(3,4)13/h9,13H,5,7-8H2,1-4H3. The third-order valence-electron chi connectivity index (χ3n) is 1.83. The van der Waals surface area contributed by atoms with Crippen LogP contribution in [-0.2, 0) is 0 Å². The van der Waals surface area contributed by atoms with E-state index < -0.39 is 5.60 Å². The van der Waals surface area contributed by atoms with Gasteiger partial charge < -0.3 is 5.11 Å². The lowest BCUT2D eigenvalue weighted by molar-refractivity contribution is 0.0265. The van der Waals surface area contributed by atoms with Gasteiger partial charge >= 0.3 is 0 Å². The molecule has 0 aromatic heterocycles. The number of nitrogens with zero attached hydrogens (tertiary/aromatic N) is 2. The Bertz CT molecular complexity index is 176. The number of aliphatic hydroxyl groups is 1. The van der Waals surface area contributed by atoms with Gasteiger partial charge in [-0.3, -0.25) is 4.90 Å². The summed E-state index contributed by atoms with van der Waals surface area (Å²) in [7, 11) is 0. The number of rotatable bonds is 5. The zero-order valence-electron chi connectivity index (χ0n) is 9.04. The molecule has 0 radical (unpaired) electrons. The van der Waals surface area contributed by atoms with Crippen LogP contribution in [0.15, 0.2) is 0 Å². The molecule has 0 aromatic carbocycles. The lowest BCUT2D eigenvalue weighted by Gasteiger charge is -2.31. The Morgan fingerprint density at radius 1 is 1.46 bits per heavy atom. The van der Waals surface area contributed by atoms with E-state index >= 15 is 0 Å². The predicted molar refractivity (Wildman–Crippen MR) is 53.2 cm³/mol. The fourth-order valence-corrected chi connectivity index (χ4v) is 1.21. The summed E-state index contributed by atoms with van der Waals surface area (Å²) < 4.78 is 0. The lowest BCUT2D eigenvalue weighted by Crippen LogP contribution is -2.42. The van der Waals surface area contributed by atoms with Crippen LogP contribution in [0.3, 0.4) is 0 Å². The van der Waals surface area contributed by atoms with Crippen LogP contribution < -0.4 is 0 Å². The van der Waals surface area contributed by atoms with Gasteiger partial charge in [0.15, 0.2) is 0 Å². The molecule has 0 aliphatic carbocycles. The monoisotopic (exact) mass is 184 g/mol. The minimum Gasteiger partial charge on any atom is -0.389 e. The summed E-state index contributed by atoms with van der Waals surface area (Å²) in [5.41, 5.74) is -0.681. The van der Waals surface area contributed by atoms with Gasteiger partial charge in [0.05, 0.1) is 11.7 Å². The zero-order chi connectivity index (χ0) is 10.5. The SMILES string of the molecule is CC(C)N(CCC#N)CC(C)(C)O. The molecule has 0 spiro atoms. The molecule has 0 amide bonds. The Kier molecular flexibility index (Phi) is 4.97. The zero-order valence-corrected chi connectivity index (χ0v) is 9.04. The van der Waals surface area contributed by atoms with Crippen LogP contribution in [-0.4, -0.2) is 34.7 Å². The minimum absolute atomic E-state index is 0.375. The maximum Gasteiger partial charge on any atom is 0.0718 e. The third-order valence-corrected chi connectivity index (χ3v) is 1.83. The molecule has 0 aliphatic heterocycles. The Balaban J connectivity index is 4.04. The van der Waals surface area contributed by atoms with Crippen LogP contribution in [0, 0.1) is 11.3 Å².